The second kappa shape index (κ2) is 9.16. The number of amides is 1. The van der Waals surface area contributed by atoms with Crippen LogP contribution in [0.4, 0.5) is 0 Å². The molecule has 0 spiro atoms. The standard InChI is InChI=1S/C23H32N2O2/c1-23(2,27)16-15-18-11-13-20(14-12-18)22(26)25(5)21(17-24(3)4)19-9-7-6-8-10-19/h6-14,21,27H,15-17H2,1-5H3/t21-/m0/s1. The normalized spacial score (nSPS) is 12.9. The third-order valence-corrected chi connectivity index (χ3v) is 4.74. The van der Waals surface area contributed by atoms with Gasteiger partial charge in [-0.15, -0.1) is 0 Å². The molecule has 0 unspecified atom stereocenters. The summed E-state index contributed by atoms with van der Waals surface area (Å²) in [5.74, 6) is 0.0136. The maximum atomic E-state index is 13.0. The molecule has 2 aromatic carbocycles. The van der Waals surface area contributed by atoms with Gasteiger partial charge in [-0.1, -0.05) is 42.5 Å². The van der Waals surface area contributed by atoms with Gasteiger partial charge in [0.2, 0.25) is 0 Å². The van der Waals surface area contributed by atoms with E-state index in [1.165, 1.54) is 0 Å². The number of hydrogen-bond acceptors (Lipinski definition) is 3. The van der Waals surface area contributed by atoms with Gasteiger partial charge in [-0.2, -0.15) is 0 Å². The molecule has 1 N–H and O–H groups in total. The molecule has 4 nitrogen and oxygen atoms in total. The summed E-state index contributed by atoms with van der Waals surface area (Å²) >= 11 is 0. The van der Waals surface area contributed by atoms with Crippen molar-refractivity contribution >= 4 is 5.91 Å². The third-order valence-electron chi connectivity index (χ3n) is 4.74. The highest BCUT2D eigenvalue weighted by Crippen LogP contribution is 2.22. The van der Waals surface area contributed by atoms with Crippen molar-refractivity contribution < 1.29 is 9.90 Å². The summed E-state index contributed by atoms with van der Waals surface area (Å²) in [6.45, 7) is 4.39. The topological polar surface area (TPSA) is 43.8 Å². The largest absolute Gasteiger partial charge is 0.390 e. The zero-order chi connectivity index (χ0) is 20.0. The smallest absolute Gasteiger partial charge is 0.254 e. The fourth-order valence-electron chi connectivity index (χ4n) is 3.08. The van der Waals surface area contributed by atoms with Gasteiger partial charge in [0, 0.05) is 19.2 Å². The van der Waals surface area contributed by atoms with Crippen LogP contribution in [0.5, 0.6) is 0 Å². The van der Waals surface area contributed by atoms with E-state index in [0.29, 0.717) is 12.0 Å². The van der Waals surface area contributed by atoms with Crippen LogP contribution >= 0.6 is 0 Å². The van der Waals surface area contributed by atoms with Gasteiger partial charge in [-0.3, -0.25) is 4.79 Å². The van der Waals surface area contributed by atoms with E-state index in [1.54, 1.807) is 0 Å². The number of hydrogen-bond donors (Lipinski definition) is 1. The maximum absolute atomic E-state index is 13.0. The predicted molar refractivity (Wildman–Crippen MR) is 111 cm³/mol. The number of nitrogens with zero attached hydrogens (tertiary/aromatic N) is 2. The van der Waals surface area contributed by atoms with Crippen LogP contribution in [0.15, 0.2) is 54.6 Å². The Balaban J connectivity index is 2.14. The first-order valence-electron chi connectivity index (χ1n) is 9.45. The van der Waals surface area contributed by atoms with Crippen molar-refractivity contribution in [2.75, 3.05) is 27.7 Å². The van der Waals surface area contributed by atoms with Gasteiger partial charge in [0.1, 0.15) is 0 Å². The van der Waals surface area contributed by atoms with Crippen molar-refractivity contribution in [1.82, 2.24) is 9.80 Å². The summed E-state index contributed by atoms with van der Waals surface area (Å²) in [6.07, 6.45) is 1.49. The SMILES string of the molecule is CN(C)C[C@@H](c1ccccc1)N(C)C(=O)c1ccc(CCC(C)(C)O)cc1. The zero-order valence-electron chi connectivity index (χ0n) is 17.1. The number of aliphatic hydroxyl groups is 1. The lowest BCUT2D eigenvalue weighted by molar-refractivity contribution is 0.0699. The van der Waals surface area contributed by atoms with E-state index < -0.39 is 5.60 Å². The first-order valence-corrected chi connectivity index (χ1v) is 9.45. The molecule has 0 heterocycles. The van der Waals surface area contributed by atoms with Gasteiger partial charge in [0.15, 0.2) is 0 Å². The number of aryl methyl sites for hydroxylation is 1. The van der Waals surface area contributed by atoms with E-state index in [1.807, 2.05) is 82.4 Å². The van der Waals surface area contributed by atoms with Crippen LogP contribution in [-0.4, -0.2) is 54.1 Å². The van der Waals surface area contributed by atoms with Gasteiger partial charge >= 0.3 is 0 Å². The third kappa shape index (κ3) is 6.49. The molecule has 0 radical (unpaired) electrons. The van der Waals surface area contributed by atoms with Gasteiger partial charge in [0.05, 0.1) is 11.6 Å². The highest BCUT2D eigenvalue weighted by atomic mass is 16.3. The molecular formula is C23H32N2O2. The number of rotatable bonds is 8. The van der Waals surface area contributed by atoms with Crippen molar-refractivity contribution in [3.05, 3.63) is 71.3 Å². The van der Waals surface area contributed by atoms with Crippen LogP contribution in [-0.2, 0) is 6.42 Å². The summed E-state index contributed by atoms with van der Waals surface area (Å²) in [5, 5.41) is 9.87. The molecule has 1 amide bonds. The van der Waals surface area contributed by atoms with Gasteiger partial charge in [-0.25, -0.2) is 0 Å². The quantitative estimate of drug-likeness (QED) is 0.771. The summed E-state index contributed by atoms with van der Waals surface area (Å²) in [7, 11) is 5.91. The first-order chi connectivity index (χ1) is 12.7. The predicted octanol–water partition coefficient (Wildman–Crippen LogP) is 3.77. The Morgan fingerprint density at radius 2 is 1.59 bits per heavy atom. The average molecular weight is 369 g/mol. The fraction of sp³-hybridized carbons (Fsp3) is 0.435. The summed E-state index contributed by atoms with van der Waals surface area (Å²) in [6, 6.07) is 17.9. The molecule has 4 heteroatoms. The Hall–Kier alpha value is -2.17. The first kappa shape index (κ1) is 21.1. The highest BCUT2D eigenvalue weighted by molar-refractivity contribution is 5.94. The minimum Gasteiger partial charge on any atom is -0.390 e. The maximum Gasteiger partial charge on any atom is 0.254 e. The van der Waals surface area contributed by atoms with Gasteiger partial charge in [0.25, 0.3) is 5.91 Å². The molecule has 2 aromatic rings. The fourth-order valence-corrected chi connectivity index (χ4v) is 3.08. The van der Waals surface area contributed by atoms with E-state index in [0.717, 1.165) is 24.1 Å². The lowest BCUT2D eigenvalue weighted by Gasteiger charge is -2.31. The van der Waals surface area contributed by atoms with Gasteiger partial charge in [-0.05, 0) is 64.0 Å². The zero-order valence-corrected chi connectivity index (χ0v) is 17.1. The Bertz CT molecular complexity index is 718. The molecule has 0 saturated carbocycles. The molecule has 0 aliphatic heterocycles. The highest BCUT2D eigenvalue weighted by Gasteiger charge is 2.23. The van der Waals surface area contributed by atoms with E-state index in [-0.39, 0.29) is 11.9 Å². The van der Waals surface area contributed by atoms with Crippen molar-refractivity contribution in [3.63, 3.8) is 0 Å². The molecule has 2 rings (SSSR count). The van der Waals surface area contributed by atoms with Crippen LogP contribution in [0.2, 0.25) is 0 Å². The van der Waals surface area contributed by atoms with E-state index in [2.05, 4.69) is 17.0 Å². The molecule has 0 aliphatic carbocycles. The minimum absolute atomic E-state index is 0.0106. The Labute approximate surface area is 163 Å². The van der Waals surface area contributed by atoms with Crippen molar-refractivity contribution in [3.8, 4) is 0 Å². The van der Waals surface area contributed by atoms with E-state index in [9.17, 15) is 9.90 Å². The lowest BCUT2D eigenvalue weighted by atomic mass is 9.98. The summed E-state index contributed by atoms with van der Waals surface area (Å²) in [5.41, 5.74) is 2.27. The lowest BCUT2D eigenvalue weighted by Crippen LogP contribution is -2.37. The van der Waals surface area contributed by atoms with Crippen LogP contribution in [0.1, 0.15) is 47.8 Å². The Kier molecular flexibility index (Phi) is 7.17. The van der Waals surface area contributed by atoms with Crippen LogP contribution in [0.25, 0.3) is 0 Å². The molecule has 0 aromatic heterocycles. The molecule has 146 valence electrons. The van der Waals surface area contributed by atoms with Crippen molar-refractivity contribution in [1.29, 1.82) is 0 Å². The second-order valence-electron chi connectivity index (χ2n) is 8.11. The second-order valence-corrected chi connectivity index (χ2v) is 8.11. The molecule has 0 bridgehead atoms. The molecule has 0 aliphatic rings. The van der Waals surface area contributed by atoms with E-state index >= 15 is 0 Å². The minimum atomic E-state index is -0.677. The summed E-state index contributed by atoms with van der Waals surface area (Å²) in [4.78, 5) is 17.0. The van der Waals surface area contributed by atoms with Gasteiger partial charge < -0.3 is 14.9 Å². The molecule has 0 fully saturated rings. The molecular weight excluding hydrogens is 336 g/mol. The Morgan fingerprint density at radius 1 is 1.00 bits per heavy atom. The average Bonchev–Trinajstić information content (AvgIpc) is 2.63. The van der Waals surface area contributed by atoms with Crippen LogP contribution in [0.3, 0.4) is 0 Å². The Morgan fingerprint density at radius 3 is 2.11 bits per heavy atom. The molecule has 1 atom stereocenters. The van der Waals surface area contributed by atoms with Crippen molar-refractivity contribution in [2.24, 2.45) is 0 Å². The number of benzene rings is 2. The number of carbonyl (C=O) groups excluding carboxylic acids is 1. The van der Waals surface area contributed by atoms with E-state index in [4.69, 9.17) is 0 Å². The number of likely N-dealkylation sites (N-methyl/N-ethyl adjacent to an activating group) is 2. The molecule has 27 heavy (non-hydrogen) atoms. The van der Waals surface area contributed by atoms with Crippen LogP contribution < -0.4 is 0 Å². The number of carbonyl (C=O) groups is 1. The molecule has 0 saturated heterocycles. The monoisotopic (exact) mass is 368 g/mol. The van der Waals surface area contributed by atoms with Crippen LogP contribution in [0, 0.1) is 0 Å². The summed E-state index contributed by atoms with van der Waals surface area (Å²) < 4.78 is 0. The van der Waals surface area contributed by atoms with Crippen molar-refractivity contribution in [2.45, 2.75) is 38.3 Å².